The van der Waals surface area contributed by atoms with E-state index in [0.717, 1.165) is 19.4 Å². The van der Waals surface area contributed by atoms with Crippen LogP contribution in [-0.2, 0) is 14.3 Å². The molecule has 0 bridgehead atoms. The van der Waals surface area contributed by atoms with Gasteiger partial charge >= 0.3 is 0 Å². The highest BCUT2D eigenvalue weighted by atomic mass is 16.5. The van der Waals surface area contributed by atoms with Crippen LogP contribution in [-0.4, -0.2) is 31.6 Å². The van der Waals surface area contributed by atoms with Gasteiger partial charge in [-0.05, 0) is 12.8 Å². The largest absolute Gasteiger partial charge is 0.381 e. The van der Waals surface area contributed by atoms with E-state index in [1.54, 1.807) is 0 Å². The van der Waals surface area contributed by atoms with Crippen LogP contribution in [0.15, 0.2) is 0 Å². The zero-order valence-electron chi connectivity index (χ0n) is 9.25. The van der Waals surface area contributed by atoms with Gasteiger partial charge in [-0.2, -0.15) is 0 Å². The molecular weight excluding hydrogens is 196 g/mol. The molecular formula is C10H20N2O3. The van der Waals surface area contributed by atoms with Gasteiger partial charge in [-0.25, -0.2) is 0 Å². The maximum absolute atomic E-state index is 11.1. The molecule has 88 valence electrons. The molecule has 0 spiro atoms. The number of nitrogens with one attached hydrogen (secondary N) is 1. The van der Waals surface area contributed by atoms with Crippen molar-refractivity contribution in [2.75, 3.05) is 19.8 Å². The Kier molecular flexibility index (Phi) is 8.76. The second-order valence-electron chi connectivity index (χ2n) is 3.28. The van der Waals surface area contributed by atoms with E-state index < -0.39 is 5.91 Å². The Labute approximate surface area is 90.4 Å². The number of ether oxygens (including phenoxy) is 1. The number of rotatable bonds is 9. The molecule has 0 saturated carbocycles. The fraction of sp³-hybridized carbons (Fsp3) is 0.800. The fourth-order valence-electron chi connectivity index (χ4n) is 0.974. The first-order valence-corrected chi connectivity index (χ1v) is 5.29. The first-order valence-electron chi connectivity index (χ1n) is 5.29. The third-order valence-corrected chi connectivity index (χ3v) is 1.73. The monoisotopic (exact) mass is 216 g/mol. The van der Waals surface area contributed by atoms with Gasteiger partial charge in [0.05, 0.1) is 0 Å². The molecule has 0 aromatic carbocycles. The number of hydrogen-bond acceptors (Lipinski definition) is 3. The van der Waals surface area contributed by atoms with E-state index in [0.29, 0.717) is 13.2 Å². The van der Waals surface area contributed by atoms with Crippen molar-refractivity contribution >= 4 is 11.8 Å². The van der Waals surface area contributed by atoms with Crippen molar-refractivity contribution < 1.29 is 14.3 Å². The molecule has 3 N–H and O–H groups in total. The van der Waals surface area contributed by atoms with Gasteiger partial charge in [0.15, 0.2) is 0 Å². The normalized spacial score (nSPS) is 9.93. The molecule has 0 aliphatic carbocycles. The maximum Gasteiger partial charge on any atom is 0.220 e. The molecule has 0 heterocycles. The third kappa shape index (κ3) is 10.8. The van der Waals surface area contributed by atoms with Gasteiger partial charge in [-0.1, -0.05) is 6.92 Å². The van der Waals surface area contributed by atoms with Crippen molar-refractivity contribution in [3.05, 3.63) is 0 Å². The smallest absolute Gasteiger partial charge is 0.220 e. The molecule has 0 aromatic rings. The zero-order chi connectivity index (χ0) is 11.5. The van der Waals surface area contributed by atoms with E-state index in [2.05, 4.69) is 5.32 Å². The number of primary amides is 1. The standard InChI is InChI=1S/C10H20N2O3/c1-2-7-15-8-3-6-12-10(14)5-4-9(11)13/h2-8H2,1H3,(H2,11,13)(H,12,14). The van der Waals surface area contributed by atoms with Crippen LogP contribution in [0, 0.1) is 0 Å². The van der Waals surface area contributed by atoms with Crippen LogP contribution >= 0.6 is 0 Å². The number of carbonyl (C=O) groups is 2. The van der Waals surface area contributed by atoms with Crippen molar-refractivity contribution in [1.82, 2.24) is 5.32 Å². The summed E-state index contributed by atoms with van der Waals surface area (Å²) in [6, 6.07) is 0. The SMILES string of the molecule is CCCOCCCNC(=O)CCC(N)=O. The predicted molar refractivity (Wildman–Crippen MR) is 57.2 cm³/mol. The summed E-state index contributed by atoms with van der Waals surface area (Å²) in [4.78, 5) is 21.5. The van der Waals surface area contributed by atoms with Gasteiger partial charge in [-0.15, -0.1) is 0 Å². The molecule has 0 unspecified atom stereocenters. The molecule has 0 atom stereocenters. The molecule has 0 aromatic heterocycles. The minimum Gasteiger partial charge on any atom is -0.381 e. The highest BCUT2D eigenvalue weighted by Crippen LogP contribution is 1.88. The minimum atomic E-state index is -0.448. The quantitative estimate of drug-likeness (QED) is 0.540. The number of amides is 2. The highest BCUT2D eigenvalue weighted by Gasteiger charge is 2.02. The lowest BCUT2D eigenvalue weighted by Gasteiger charge is -2.04. The van der Waals surface area contributed by atoms with Gasteiger partial charge < -0.3 is 15.8 Å². The lowest BCUT2D eigenvalue weighted by Crippen LogP contribution is -2.26. The van der Waals surface area contributed by atoms with Crippen LogP contribution in [0.3, 0.4) is 0 Å². The van der Waals surface area contributed by atoms with E-state index in [-0.39, 0.29) is 18.7 Å². The van der Waals surface area contributed by atoms with Gasteiger partial charge in [-0.3, -0.25) is 9.59 Å². The Morgan fingerprint density at radius 3 is 2.60 bits per heavy atom. The van der Waals surface area contributed by atoms with E-state index in [9.17, 15) is 9.59 Å². The summed E-state index contributed by atoms with van der Waals surface area (Å²) in [6.07, 6.45) is 2.08. The number of nitrogens with two attached hydrogens (primary N) is 1. The van der Waals surface area contributed by atoms with Gasteiger partial charge in [0, 0.05) is 32.6 Å². The molecule has 0 saturated heterocycles. The van der Waals surface area contributed by atoms with Crippen molar-refractivity contribution in [2.45, 2.75) is 32.6 Å². The Morgan fingerprint density at radius 2 is 2.00 bits per heavy atom. The van der Waals surface area contributed by atoms with Crippen molar-refractivity contribution in [2.24, 2.45) is 5.73 Å². The summed E-state index contributed by atoms with van der Waals surface area (Å²) in [5, 5.41) is 2.69. The average molecular weight is 216 g/mol. The Bertz CT molecular complexity index is 195. The molecule has 0 radical (unpaired) electrons. The van der Waals surface area contributed by atoms with Crippen molar-refractivity contribution in [1.29, 1.82) is 0 Å². The summed E-state index contributed by atoms with van der Waals surface area (Å²) < 4.78 is 5.24. The second kappa shape index (κ2) is 9.45. The number of hydrogen-bond donors (Lipinski definition) is 2. The molecule has 0 rings (SSSR count). The van der Waals surface area contributed by atoms with Crippen LogP contribution in [0.1, 0.15) is 32.6 Å². The molecule has 15 heavy (non-hydrogen) atoms. The maximum atomic E-state index is 11.1. The minimum absolute atomic E-state index is 0.109. The van der Waals surface area contributed by atoms with Gasteiger partial charge in [0.1, 0.15) is 0 Å². The summed E-state index contributed by atoms with van der Waals surface area (Å²) in [5.74, 6) is -0.583. The molecule has 5 heteroatoms. The Hall–Kier alpha value is -1.10. The third-order valence-electron chi connectivity index (χ3n) is 1.73. The molecule has 5 nitrogen and oxygen atoms in total. The van der Waals surface area contributed by atoms with Crippen molar-refractivity contribution in [3.8, 4) is 0 Å². The Morgan fingerprint density at radius 1 is 1.27 bits per heavy atom. The molecule has 0 aliphatic rings. The second-order valence-corrected chi connectivity index (χ2v) is 3.28. The summed E-state index contributed by atoms with van der Waals surface area (Å²) in [6.45, 7) is 4.05. The first-order chi connectivity index (χ1) is 7.16. The van der Waals surface area contributed by atoms with E-state index in [1.165, 1.54) is 0 Å². The highest BCUT2D eigenvalue weighted by molar-refractivity contribution is 5.82. The van der Waals surface area contributed by atoms with Crippen LogP contribution in [0.25, 0.3) is 0 Å². The summed E-state index contributed by atoms with van der Waals surface area (Å²) in [7, 11) is 0. The van der Waals surface area contributed by atoms with Crippen LogP contribution < -0.4 is 11.1 Å². The van der Waals surface area contributed by atoms with Gasteiger partial charge in [0.2, 0.25) is 11.8 Å². The van der Waals surface area contributed by atoms with E-state index in [1.807, 2.05) is 6.92 Å². The molecule has 2 amide bonds. The van der Waals surface area contributed by atoms with Crippen molar-refractivity contribution in [3.63, 3.8) is 0 Å². The lowest BCUT2D eigenvalue weighted by atomic mass is 10.3. The molecule has 0 aliphatic heterocycles. The topological polar surface area (TPSA) is 81.4 Å². The lowest BCUT2D eigenvalue weighted by molar-refractivity contribution is -0.125. The first kappa shape index (κ1) is 13.9. The van der Waals surface area contributed by atoms with Crippen LogP contribution in [0.4, 0.5) is 0 Å². The van der Waals surface area contributed by atoms with Gasteiger partial charge in [0.25, 0.3) is 0 Å². The van der Waals surface area contributed by atoms with E-state index >= 15 is 0 Å². The van der Waals surface area contributed by atoms with Crippen LogP contribution in [0.5, 0.6) is 0 Å². The van der Waals surface area contributed by atoms with E-state index in [4.69, 9.17) is 10.5 Å². The zero-order valence-corrected chi connectivity index (χ0v) is 9.25. The predicted octanol–water partition coefficient (Wildman–Crippen LogP) is 0.185. The number of carbonyl (C=O) groups excluding carboxylic acids is 2. The average Bonchev–Trinajstić information content (AvgIpc) is 2.20. The summed E-state index contributed by atoms with van der Waals surface area (Å²) >= 11 is 0. The summed E-state index contributed by atoms with van der Waals surface area (Å²) in [5.41, 5.74) is 4.91. The molecule has 0 fully saturated rings. The Balaban J connectivity index is 3.20. The van der Waals surface area contributed by atoms with Crippen LogP contribution in [0.2, 0.25) is 0 Å². The fourth-order valence-corrected chi connectivity index (χ4v) is 0.974.